The van der Waals surface area contributed by atoms with E-state index in [9.17, 15) is 0 Å². The zero-order chi connectivity index (χ0) is 28.0. The Labute approximate surface area is 246 Å². The van der Waals surface area contributed by atoms with E-state index in [1.54, 1.807) is 0 Å². The molecular formula is C33H31ClN4OS. The summed E-state index contributed by atoms with van der Waals surface area (Å²) in [5.74, 6) is 1.54. The third-order valence-corrected chi connectivity index (χ3v) is 8.49. The molecule has 0 radical (unpaired) electrons. The van der Waals surface area contributed by atoms with Crippen LogP contribution in [-0.2, 0) is 0 Å². The van der Waals surface area contributed by atoms with Crippen LogP contribution in [0.2, 0.25) is 5.02 Å². The van der Waals surface area contributed by atoms with E-state index in [1.165, 1.54) is 11.1 Å². The monoisotopic (exact) mass is 566 g/mol. The Morgan fingerprint density at radius 1 is 0.950 bits per heavy atom. The lowest BCUT2D eigenvalue weighted by molar-refractivity contribution is 0.482. The number of fused-ring (bicyclic) bond motifs is 1. The minimum absolute atomic E-state index is 0.107. The first-order valence-electron chi connectivity index (χ1n) is 13.3. The number of para-hydroxylation sites is 1. The molecule has 4 aromatic rings. The number of thiocarbonyl (C=S) groups is 1. The molecule has 0 unspecified atom stereocenters. The molecule has 3 aromatic carbocycles. The summed E-state index contributed by atoms with van der Waals surface area (Å²) in [7, 11) is 2.12. The van der Waals surface area contributed by atoms with Crippen LogP contribution in [0.25, 0.3) is 5.57 Å². The summed E-state index contributed by atoms with van der Waals surface area (Å²) in [6, 6.07) is 27.6. The largest absolute Gasteiger partial charge is 0.457 e. The average Bonchev–Trinajstić information content (AvgIpc) is 3.29. The van der Waals surface area contributed by atoms with Gasteiger partial charge in [-0.25, -0.2) is 0 Å². The first-order valence-corrected chi connectivity index (χ1v) is 14.1. The molecule has 2 atom stereocenters. The fourth-order valence-electron chi connectivity index (χ4n) is 5.66. The van der Waals surface area contributed by atoms with Crippen molar-refractivity contribution in [2.45, 2.75) is 38.4 Å². The van der Waals surface area contributed by atoms with Crippen molar-refractivity contribution in [1.29, 1.82) is 0 Å². The molecule has 2 aliphatic rings. The summed E-state index contributed by atoms with van der Waals surface area (Å²) in [5.41, 5.74) is 6.26. The average molecular weight is 567 g/mol. The summed E-state index contributed by atoms with van der Waals surface area (Å²) >= 11 is 13.1. The molecule has 7 heteroatoms. The van der Waals surface area contributed by atoms with E-state index in [1.807, 2.05) is 79.0 Å². The fourth-order valence-corrected chi connectivity index (χ4v) is 6.28. The third-order valence-electron chi connectivity index (χ3n) is 7.85. The molecule has 1 N–H and O–H groups in total. The number of likely N-dealkylation sites (N-methyl/N-ethyl adjacent to an activating group) is 1. The van der Waals surface area contributed by atoms with Crippen molar-refractivity contribution in [1.82, 2.24) is 10.3 Å². The Morgan fingerprint density at radius 2 is 1.65 bits per heavy atom. The van der Waals surface area contributed by atoms with Gasteiger partial charge in [0.15, 0.2) is 5.11 Å². The number of ether oxygens (including phenoxy) is 1. The first-order chi connectivity index (χ1) is 19.2. The second kappa shape index (κ2) is 10.3. The van der Waals surface area contributed by atoms with Crippen molar-refractivity contribution in [3.63, 3.8) is 0 Å². The van der Waals surface area contributed by atoms with Gasteiger partial charge >= 0.3 is 0 Å². The highest BCUT2D eigenvalue weighted by Crippen LogP contribution is 2.48. The van der Waals surface area contributed by atoms with E-state index in [2.05, 4.69) is 61.1 Å². The molecular weight excluding hydrogens is 536 g/mol. The maximum Gasteiger partial charge on any atom is 0.174 e. The maximum atomic E-state index is 7.13. The van der Waals surface area contributed by atoms with Crippen molar-refractivity contribution in [3.05, 3.63) is 119 Å². The van der Waals surface area contributed by atoms with Crippen molar-refractivity contribution in [2.24, 2.45) is 0 Å². The van der Waals surface area contributed by atoms with E-state index < -0.39 is 0 Å². The van der Waals surface area contributed by atoms with Gasteiger partial charge in [-0.1, -0.05) is 41.9 Å². The van der Waals surface area contributed by atoms with Crippen LogP contribution in [0.3, 0.4) is 0 Å². The van der Waals surface area contributed by atoms with Crippen LogP contribution in [0.15, 0.2) is 97.2 Å². The molecule has 2 aliphatic heterocycles. The quantitative estimate of drug-likeness (QED) is 0.245. The predicted molar refractivity (Wildman–Crippen MR) is 168 cm³/mol. The Kier molecular flexibility index (Phi) is 6.77. The van der Waals surface area contributed by atoms with E-state index in [-0.39, 0.29) is 17.6 Å². The van der Waals surface area contributed by atoms with Crippen molar-refractivity contribution >= 4 is 45.9 Å². The number of pyridine rings is 1. The number of benzene rings is 3. The molecule has 0 aliphatic carbocycles. The Hall–Kier alpha value is -3.87. The third kappa shape index (κ3) is 4.72. The van der Waals surface area contributed by atoms with Gasteiger partial charge < -0.3 is 19.9 Å². The SMILES string of the molecule is CC1=CC(C)(C)N(C)c2cc(Cl)c([C@H]3[C@H](c4ccccn4)NC(=S)N3c3ccc(Oc4ccccc4)cc3)cc21. The molecule has 1 saturated heterocycles. The smallest absolute Gasteiger partial charge is 0.174 e. The molecule has 202 valence electrons. The number of nitrogens with one attached hydrogen (secondary N) is 1. The highest BCUT2D eigenvalue weighted by atomic mass is 35.5. The van der Waals surface area contributed by atoms with Gasteiger partial charge in [0.2, 0.25) is 0 Å². The van der Waals surface area contributed by atoms with E-state index >= 15 is 0 Å². The second-order valence-corrected chi connectivity index (χ2v) is 11.6. The van der Waals surface area contributed by atoms with Crippen molar-refractivity contribution in [3.8, 4) is 11.5 Å². The molecule has 40 heavy (non-hydrogen) atoms. The van der Waals surface area contributed by atoms with Crippen LogP contribution in [0, 0.1) is 0 Å². The van der Waals surface area contributed by atoms with Crippen molar-refractivity contribution < 1.29 is 4.74 Å². The Bertz CT molecular complexity index is 1590. The zero-order valence-corrected chi connectivity index (χ0v) is 24.5. The van der Waals surface area contributed by atoms with Crippen molar-refractivity contribution in [2.75, 3.05) is 16.8 Å². The van der Waals surface area contributed by atoms with Crippen LogP contribution >= 0.6 is 23.8 Å². The summed E-state index contributed by atoms with van der Waals surface area (Å²) < 4.78 is 6.04. The highest BCUT2D eigenvalue weighted by molar-refractivity contribution is 7.80. The van der Waals surface area contributed by atoms with Gasteiger partial charge in [0, 0.05) is 35.2 Å². The Morgan fingerprint density at radius 3 is 2.35 bits per heavy atom. The van der Waals surface area contributed by atoms with Crippen LogP contribution in [-0.4, -0.2) is 22.7 Å². The lowest BCUT2D eigenvalue weighted by Gasteiger charge is -2.41. The van der Waals surface area contributed by atoms with Gasteiger partial charge in [-0.2, -0.15) is 0 Å². The van der Waals surface area contributed by atoms with Crippen LogP contribution < -0.4 is 19.9 Å². The molecule has 0 spiro atoms. The minimum Gasteiger partial charge on any atom is -0.457 e. The van der Waals surface area contributed by atoms with E-state index in [0.29, 0.717) is 10.1 Å². The zero-order valence-electron chi connectivity index (χ0n) is 22.9. The van der Waals surface area contributed by atoms with Gasteiger partial charge in [0.1, 0.15) is 11.5 Å². The fraction of sp³-hybridized carbons (Fsp3) is 0.212. The minimum atomic E-state index is -0.214. The molecule has 0 bridgehead atoms. The summed E-state index contributed by atoms with van der Waals surface area (Å²) in [6.07, 6.45) is 4.12. The molecule has 3 heterocycles. The molecule has 0 saturated carbocycles. The number of halogens is 1. The number of rotatable bonds is 5. The number of hydrogen-bond donors (Lipinski definition) is 1. The highest BCUT2D eigenvalue weighted by Gasteiger charge is 2.42. The standard InChI is InChI=1S/C33H31ClN4OS/c1-21-20-33(2,3)37(4)29-19-27(34)26(18-25(21)29)31-30(28-12-8-9-17-35-28)36-32(40)38(31)22-13-15-24(16-14-22)39-23-10-6-5-7-11-23/h5-20,30-31H,1-4H3,(H,36,40)/t30-,31-/m0/s1. The molecule has 1 fully saturated rings. The Balaban J connectivity index is 1.44. The summed E-state index contributed by atoms with van der Waals surface area (Å²) in [5, 5.41) is 4.86. The number of aromatic nitrogens is 1. The maximum absolute atomic E-state index is 7.13. The number of nitrogens with zero attached hydrogens (tertiary/aromatic N) is 3. The van der Waals surface area contributed by atoms with Crippen LogP contribution in [0.4, 0.5) is 11.4 Å². The van der Waals surface area contributed by atoms with Crippen LogP contribution in [0.1, 0.15) is 49.7 Å². The number of anilines is 2. The van der Waals surface area contributed by atoms with Gasteiger partial charge in [-0.15, -0.1) is 0 Å². The number of allylic oxidation sites excluding steroid dienone is 1. The van der Waals surface area contributed by atoms with Gasteiger partial charge in [-0.3, -0.25) is 4.98 Å². The summed E-state index contributed by atoms with van der Waals surface area (Å²) in [6.45, 7) is 6.59. The topological polar surface area (TPSA) is 40.6 Å². The van der Waals surface area contributed by atoms with Crippen LogP contribution in [0.5, 0.6) is 11.5 Å². The number of hydrogen-bond acceptors (Lipinski definition) is 4. The predicted octanol–water partition coefficient (Wildman–Crippen LogP) is 8.34. The lowest BCUT2D eigenvalue weighted by atomic mass is 9.86. The van der Waals surface area contributed by atoms with E-state index in [4.69, 9.17) is 33.5 Å². The van der Waals surface area contributed by atoms with Gasteiger partial charge in [0.25, 0.3) is 0 Å². The molecule has 5 nitrogen and oxygen atoms in total. The molecule has 1 aromatic heterocycles. The van der Waals surface area contributed by atoms with Gasteiger partial charge in [-0.05, 0) is 105 Å². The summed E-state index contributed by atoms with van der Waals surface area (Å²) in [4.78, 5) is 9.11. The first kappa shape index (κ1) is 26.4. The molecule has 0 amide bonds. The lowest BCUT2D eigenvalue weighted by Crippen LogP contribution is -2.42. The normalized spacial score (nSPS) is 19.6. The second-order valence-electron chi connectivity index (χ2n) is 10.8. The molecule has 6 rings (SSSR count). The van der Waals surface area contributed by atoms with Gasteiger partial charge in [0.05, 0.1) is 23.3 Å². The van der Waals surface area contributed by atoms with E-state index in [0.717, 1.165) is 34.1 Å².